The van der Waals surface area contributed by atoms with Crippen molar-refractivity contribution in [2.24, 2.45) is 0 Å². The van der Waals surface area contributed by atoms with Gasteiger partial charge in [-0.25, -0.2) is 0 Å². The zero-order valence-electron chi connectivity index (χ0n) is 39.6. The molecular formula is C67H46N2O2. The van der Waals surface area contributed by atoms with Crippen molar-refractivity contribution in [2.45, 2.75) is 20.8 Å². The maximum atomic E-state index is 6.64. The Morgan fingerprint density at radius 1 is 0.296 bits per heavy atom. The lowest BCUT2D eigenvalue weighted by Gasteiger charge is -2.32. The molecule has 12 aromatic carbocycles. The number of nitrogens with zero attached hydrogens (tertiary/aromatic N) is 2. The Balaban J connectivity index is 0.974. The molecule has 14 aromatic rings. The molecule has 0 bridgehead atoms. The van der Waals surface area contributed by atoms with Crippen LogP contribution in [0.5, 0.6) is 0 Å². The Bertz CT molecular complexity index is 4390. The number of hydrogen-bond acceptors (Lipinski definition) is 4. The third-order valence-electron chi connectivity index (χ3n) is 14.9. The van der Waals surface area contributed by atoms with E-state index in [0.717, 1.165) is 100 Å². The topological polar surface area (TPSA) is 32.8 Å². The van der Waals surface area contributed by atoms with Crippen molar-refractivity contribution in [1.82, 2.24) is 0 Å². The molecule has 4 heteroatoms. The number of anilines is 6. The van der Waals surface area contributed by atoms with Crippen LogP contribution < -0.4 is 9.80 Å². The molecule has 336 valence electrons. The first-order valence-corrected chi connectivity index (χ1v) is 24.4. The van der Waals surface area contributed by atoms with Crippen LogP contribution in [0.3, 0.4) is 0 Å². The lowest BCUT2D eigenvalue weighted by Crippen LogP contribution is -2.14. The van der Waals surface area contributed by atoms with Crippen molar-refractivity contribution in [1.29, 1.82) is 0 Å². The summed E-state index contributed by atoms with van der Waals surface area (Å²) in [6.07, 6.45) is 0. The summed E-state index contributed by atoms with van der Waals surface area (Å²) in [7, 11) is 0. The summed E-state index contributed by atoms with van der Waals surface area (Å²) >= 11 is 0. The van der Waals surface area contributed by atoms with E-state index in [-0.39, 0.29) is 0 Å². The van der Waals surface area contributed by atoms with Crippen LogP contribution in [0.25, 0.3) is 98.4 Å². The molecule has 14 rings (SSSR count). The monoisotopic (exact) mass is 910 g/mol. The lowest BCUT2D eigenvalue weighted by atomic mass is 9.90. The van der Waals surface area contributed by atoms with Crippen molar-refractivity contribution < 1.29 is 8.83 Å². The van der Waals surface area contributed by atoms with Gasteiger partial charge in [0.05, 0.1) is 17.1 Å². The fourth-order valence-corrected chi connectivity index (χ4v) is 11.7. The van der Waals surface area contributed by atoms with Crippen molar-refractivity contribution in [3.05, 3.63) is 241 Å². The Kier molecular flexibility index (Phi) is 9.21. The summed E-state index contributed by atoms with van der Waals surface area (Å²) in [4.78, 5) is 4.93. The fourth-order valence-electron chi connectivity index (χ4n) is 11.7. The highest BCUT2D eigenvalue weighted by Crippen LogP contribution is 2.51. The Morgan fingerprint density at radius 3 is 1.32 bits per heavy atom. The van der Waals surface area contributed by atoms with Gasteiger partial charge in [0.25, 0.3) is 0 Å². The first-order valence-electron chi connectivity index (χ1n) is 24.4. The van der Waals surface area contributed by atoms with Gasteiger partial charge in [0.1, 0.15) is 22.3 Å². The molecule has 0 aliphatic carbocycles. The van der Waals surface area contributed by atoms with Gasteiger partial charge in [-0.3, -0.25) is 0 Å². The van der Waals surface area contributed by atoms with E-state index in [4.69, 9.17) is 8.83 Å². The van der Waals surface area contributed by atoms with Crippen molar-refractivity contribution in [3.63, 3.8) is 0 Å². The minimum Gasteiger partial charge on any atom is -0.455 e. The van der Waals surface area contributed by atoms with E-state index in [2.05, 4.69) is 243 Å². The van der Waals surface area contributed by atoms with E-state index in [1.54, 1.807) is 0 Å². The van der Waals surface area contributed by atoms with Crippen molar-refractivity contribution in [3.8, 4) is 22.3 Å². The first-order chi connectivity index (χ1) is 35.0. The maximum Gasteiger partial charge on any atom is 0.143 e. The molecule has 4 nitrogen and oxygen atoms in total. The Labute approximate surface area is 411 Å². The average molecular weight is 911 g/mol. The van der Waals surface area contributed by atoms with Crippen molar-refractivity contribution in [2.75, 3.05) is 9.80 Å². The first kappa shape index (κ1) is 40.9. The number of fused-ring (bicyclic) bond motifs is 6. The van der Waals surface area contributed by atoms with Crippen LogP contribution in [-0.4, -0.2) is 0 Å². The molecule has 0 saturated heterocycles. The van der Waals surface area contributed by atoms with Gasteiger partial charge in [-0.15, -0.1) is 0 Å². The van der Waals surface area contributed by atoms with Crippen molar-refractivity contribution >= 4 is 110 Å². The second kappa shape index (κ2) is 16.0. The third-order valence-corrected chi connectivity index (χ3v) is 14.9. The predicted octanol–water partition coefficient (Wildman–Crippen LogP) is 19.6. The molecule has 0 fully saturated rings. The van der Waals surface area contributed by atoms with E-state index in [9.17, 15) is 0 Å². The highest BCUT2D eigenvalue weighted by molar-refractivity contribution is 6.28. The van der Waals surface area contributed by atoms with Gasteiger partial charge in [0, 0.05) is 60.5 Å². The molecule has 0 amide bonds. The van der Waals surface area contributed by atoms with E-state index < -0.39 is 0 Å². The maximum absolute atomic E-state index is 6.64. The van der Waals surface area contributed by atoms with Gasteiger partial charge in [0.15, 0.2) is 0 Å². The molecule has 2 aromatic heterocycles. The Hall–Kier alpha value is -9.12. The smallest absolute Gasteiger partial charge is 0.143 e. The number of benzene rings is 12. The van der Waals surface area contributed by atoms with Gasteiger partial charge in [-0.1, -0.05) is 170 Å². The molecule has 0 atom stereocenters. The Morgan fingerprint density at radius 2 is 0.746 bits per heavy atom. The number of rotatable bonds is 8. The summed E-state index contributed by atoms with van der Waals surface area (Å²) in [5.74, 6) is 0. The minimum atomic E-state index is 0.897. The van der Waals surface area contributed by atoms with Crippen LogP contribution >= 0.6 is 0 Å². The zero-order chi connectivity index (χ0) is 47.3. The lowest BCUT2D eigenvalue weighted by molar-refractivity contribution is 0.669. The van der Waals surface area contributed by atoms with E-state index >= 15 is 0 Å². The zero-order valence-corrected chi connectivity index (χ0v) is 39.6. The number of hydrogen-bond donors (Lipinski definition) is 0. The highest BCUT2D eigenvalue weighted by Gasteiger charge is 2.26. The molecule has 71 heavy (non-hydrogen) atoms. The van der Waals surface area contributed by atoms with Crippen LogP contribution in [0.2, 0.25) is 0 Å². The van der Waals surface area contributed by atoms with Gasteiger partial charge in [-0.2, -0.15) is 0 Å². The van der Waals surface area contributed by atoms with E-state index in [1.165, 1.54) is 49.0 Å². The third kappa shape index (κ3) is 6.24. The second-order valence-electron chi connectivity index (χ2n) is 18.8. The van der Waals surface area contributed by atoms with Gasteiger partial charge in [-0.05, 0) is 125 Å². The van der Waals surface area contributed by atoms with Crippen LogP contribution in [0.1, 0.15) is 16.7 Å². The molecule has 0 saturated carbocycles. The summed E-state index contributed by atoms with van der Waals surface area (Å²) in [6.45, 7) is 6.75. The fraction of sp³-hybridized carbons (Fsp3) is 0.0448. The number of para-hydroxylation sites is 6. The molecule has 0 aliphatic heterocycles. The number of aryl methyl sites for hydroxylation is 1. The molecule has 0 radical (unpaired) electrons. The SMILES string of the molecule is Cc1ccc(-c2cccc3c2oc2ccccc23)c(C)c1N(c1ccccc1)c1ccc2ccc3c(N(c4ccccc4)c4cccc(-c5cccc6c5oc5ccccc56)c4C)ccc4ccc1c2c43. The minimum absolute atomic E-state index is 0.897. The van der Waals surface area contributed by atoms with Crippen LogP contribution in [0.4, 0.5) is 34.1 Å². The summed E-state index contributed by atoms with van der Waals surface area (Å²) in [5, 5.41) is 11.8. The molecular weight excluding hydrogens is 865 g/mol. The number of furan rings is 2. The predicted molar refractivity (Wildman–Crippen MR) is 299 cm³/mol. The van der Waals surface area contributed by atoms with Crippen LogP contribution in [0.15, 0.2) is 233 Å². The standard InChI is InChI=1S/C67H46N2O2/c1-41-31-36-49(53-25-15-27-55-51-22-11-13-30-62(51)71-67(53)55)43(3)65(41)69(47-19-8-5-9-20-47)60-40-35-45-32-37-56-59(39-34-44-33-38-57(60)64(45)63(44)56)68(46-17-6-4-7-18-46)58-28-16-23-48(42(58)2)52-24-14-26-54-50-21-10-12-29-61(50)70-66(52)54/h4-40H,1-3H3. The van der Waals surface area contributed by atoms with E-state index in [0.29, 0.717) is 0 Å². The van der Waals surface area contributed by atoms with Gasteiger partial charge < -0.3 is 18.6 Å². The summed E-state index contributed by atoms with van der Waals surface area (Å²) in [6, 6.07) is 81.0. The quantitative estimate of drug-likeness (QED) is 0.142. The molecule has 0 spiro atoms. The molecule has 0 unspecified atom stereocenters. The molecule has 2 heterocycles. The van der Waals surface area contributed by atoms with Crippen LogP contribution in [0, 0.1) is 20.8 Å². The van der Waals surface area contributed by atoms with Crippen LogP contribution in [-0.2, 0) is 0 Å². The normalized spacial score (nSPS) is 11.9. The van der Waals surface area contributed by atoms with Gasteiger partial charge >= 0.3 is 0 Å². The van der Waals surface area contributed by atoms with Gasteiger partial charge in [0.2, 0.25) is 0 Å². The second-order valence-corrected chi connectivity index (χ2v) is 18.8. The highest BCUT2D eigenvalue weighted by atomic mass is 16.3. The largest absolute Gasteiger partial charge is 0.455 e. The van der Waals surface area contributed by atoms with E-state index in [1.807, 2.05) is 12.1 Å². The summed E-state index contributed by atoms with van der Waals surface area (Å²) < 4.78 is 13.2. The average Bonchev–Trinajstić information content (AvgIpc) is 4.00. The molecule has 0 N–H and O–H groups in total. The summed E-state index contributed by atoms with van der Waals surface area (Å²) in [5.41, 5.74) is 18.3. The molecule has 0 aliphatic rings.